The van der Waals surface area contributed by atoms with Crippen LogP contribution < -0.4 is 6.15 Å². The maximum Gasteiger partial charge on any atom is 0.402 e. The number of quaternary nitrogens is 1. The molecule has 0 aromatic carbocycles. The third kappa shape index (κ3) is 4.12. The molecule has 0 saturated carbocycles. The van der Waals surface area contributed by atoms with Crippen LogP contribution in [0.1, 0.15) is 12.8 Å². The van der Waals surface area contributed by atoms with Gasteiger partial charge in [-0.3, -0.25) is 0 Å². The SMILES string of the molecule is O=S(=O)([O-])C(F)(F)C(F)(F)C(F)(F)CCC(F)(F)F.[NH4+]. The zero-order chi connectivity index (χ0) is 15.9. The summed E-state index contributed by atoms with van der Waals surface area (Å²) >= 11 is 0. The van der Waals surface area contributed by atoms with Crippen LogP contribution in [0.4, 0.5) is 39.5 Å². The molecule has 0 aliphatic rings. The smallest absolute Gasteiger partial charge is 0.402 e. The minimum absolute atomic E-state index is 0. The summed E-state index contributed by atoms with van der Waals surface area (Å²) < 4.78 is 139. The molecule has 0 unspecified atom stereocenters. The monoisotopic (exact) mass is 345 g/mol. The van der Waals surface area contributed by atoms with Crippen LogP contribution in [0.2, 0.25) is 0 Å². The standard InChI is InChI=1S/C6H5F9O3S.H3N/c7-3(8,1-2-4(9,10)11)5(12,13)6(14,15)19(16,17)18;/h1-2H2,(H,16,17,18);1H3. The molecule has 0 fully saturated rings. The molecule has 20 heavy (non-hydrogen) atoms. The van der Waals surface area contributed by atoms with Crippen LogP contribution in [0.25, 0.3) is 0 Å². The summed E-state index contributed by atoms with van der Waals surface area (Å²) in [5.41, 5.74) is 0. The molecule has 4 nitrogen and oxygen atoms in total. The molecular weight excluding hydrogens is 337 g/mol. The summed E-state index contributed by atoms with van der Waals surface area (Å²) in [5.74, 6) is -12.8. The van der Waals surface area contributed by atoms with E-state index in [0.717, 1.165) is 0 Å². The van der Waals surface area contributed by atoms with E-state index in [1.165, 1.54) is 0 Å². The van der Waals surface area contributed by atoms with E-state index >= 15 is 0 Å². The highest BCUT2D eigenvalue weighted by Crippen LogP contribution is 2.50. The number of hydrogen-bond donors (Lipinski definition) is 1. The number of alkyl halides is 9. The highest BCUT2D eigenvalue weighted by atomic mass is 32.2. The molecule has 0 amide bonds. The maximum atomic E-state index is 12.6. The van der Waals surface area contributed by atoms with Crippen molar-refractivity contribution in [2.75, 3.05) is 0 Å². The van der Waals surface area contributed by atoms with E-state index < -0.39 is 46.2 Å². The van der Waals surface area contributed by atoms with Crippen molar-refractivity contribution >= 4 is 10.1 Å². The molecule has 4 N–H and O–H groups in total. The van der Waals surface area contributed by atoms with Gasteiger partial charge in [0, 0.05) is 12.8 Å². The summed E-state index contributed by atoms with van der Waals surface area (Å²) in [6, 6.07) is 0. The van der Waals surface area contributed by atoms with Crippen molar-refractivity contribution in [2.24, 2.45) is 0 Å². The van der Waals surface area contributed by atoms with Gasteiger partial charge in [0.2, 0.25) is 0 Å². The van der Waals surface area contributed by atoms with Gasteiger partial charge in [0.15, 0.2) is 10.1 Å². The van der Waals surface area contributed by atoms with Gasteiger partial charge < -0.3 is 10.7 Å². The molecule has 0 atom stereocenters. The Labute approximate surface area is 106 Å². The molecule has 0 aliphatic carbocycles. The Morgan fingerprint density at radius 3 is 1.40 bits per heavy atom. The van der Waals surface area contributed by atoms with Crippen LogP contribution in [0.3, 0.4) is 0 Å². The molecule has 0 aromatic heterocycles. The first-order valence-electron chi connectivity index (χ1n) is 4.11. The van der Waals surface area contributed by atoms with Crippen molar-refractivity contribution in [1.82, 2.24) is 6.15 Å². The van der Waals surface area contributed by atoms with Crippen molar-refractivity contribution < 1.29 is 52.5 Å². The van der Waals surface area contributed by atoms with E-state index in [-0.39, 0.29) is 6.15 Å². The first kappa shape index (κ1) is 21.5. The molecule has 0 aromatic rings. The van der Waals surface area contributed by atoms with Crippen LogP contribution in [0.15, 0.2) is 0 Å². The van der Waals surface area contributed by atoms with Crippen LogP contribution in [0, 0.1) is 0 Å². The average Bonchev–Trinajstić information content (AvgIpc) is 2.11. The van der Waals surface area contributed by atoms with E-state index in [1.807, 2.05) is 0 Å². The van der Waals surface area contributed by atoms with Crippen molar-refractivity contribution in [3.8, 4) is 0 Å². The highest BCUT2D eigenvalue weighted by Gasteiger charge is 2.74. The maximum absolute atomic E-state index is 12.6. The molecule has 0 spiro atoms. The van der Waals surface area contributed by atoms with Crippen molar-refractivity contribution in [3.05, 3.63) is 0 Å². The number of hydrogen-bond acceptors (Lipinski definition) is 3. The minimum Gasteiger partial charge on any atom is -0.743 e. The molecular formula is C6H8F9NO3S. The van der Waals surface area contributed by atoms with Gasteiger partial charge in [-0.2, -0.15) is 39.5 Å². The normalized spacial score (nSPS) is 14.9. The zero-order valence-electron chi connectivity index (χ0n) is 9.45. The molecule has 14 heteroatoms. The fraction of sp³-hybridized carbons (Fsp3) is 1.00. The molecule has 0 aliphatic heterocycles. The lowest BCUT2D eigenvalue weighted by atomic mass is 10.1. The van der Waals surface area contributed by atoms with Gasteiger partial charge in [-0.05, 0) is 0 Å². The molecule has 0 saturated heterocycles. The van der Waals surface area contributed by atoms with Gasteiger partial charge in [0.05, 0.1) is 0 Å². The van der Waals surface area contributed by atoms with E-state index in [4.69, 9.17) is 0 Å². The number of halogens is 9. The van der Waals surface area contributed by atoms with Gasteiger partial charge >= 0.3 is 23.3 Å². The van der Waals surface area contributed by atoms with Crippen LogP contribution >= 0.6 is 0 Å². The third-order valence-electron chi connectivity index (χ3n) is 1.86. The summed E-state index contributed by atoms with van der Waals surface area (Å²) in [5, 5.41) is -6.74. The zero-order valence-corrected chi connectivity index (χ0v) is 10.3. The Morgan fingerprint density at radius 1 is 0.800 bits per heavy atom. The van der Waals surface area contributed by atoms with Crippen LogP contribution in [-0.4, -0.2) is 36.2 Å². The summed E-state index contributed by atoms with van der Waals surface area (Å²) in [6.45, 7) is 0. The van der Waals surface area contributed by atoms with Crippen LogP contribution in [-0.2, 0) is 10.1 Å². The lowest BCUT2D eigenvalue weighted by molar-refractivity contribution is -0.288. The van der Waals surface area contributed by atoms with E-state index in [9.17, 15) is 52.5 Å². The Balaban J connectivity index is 0. The molecule has 0 radical (unpaired) electrons. The molecule has 0 bridgehead atoms. The van der Waals surface area contributed by atoms with Crippen molar-refractivity contribution in [1.29, 1.82) is 0 Å². The fourth-order valence-electron chi connectivity index (χ4n) is 0.826. The van der Waals surface area contributed by atoms with Crippen molar-refractivity contribution in [2.45, 2.75) is 36.1 Å². The second-order valence-corrected chi connectivity index (χ2v) is 4.79. The van der Waals surface area contributed by atoms with Gasteiger partial charge in [-0.25, -0.2) is 8.42 Å². The van der Waals surface area contributed by atoms with E-state index in [0.29, 0.717) is 0 Å². The Hall–Kier alpha value is -0.760. The number of rotatable bonds is 5. The highest BCUT2D eigenvalue weighted by molar-refractivity contribution is 7.86. The van der Waals surface area contributed by atoms with Gasteiger partial charge in [-0.1, -0.05) is 0 Å². The lowest BCUT2D eigenvalue weighted by Gasteiger charge is -2.33. The predicted molar refractivity (Wildman–Crippen MR) is 45.8 cm³/mol. The molecule has 124 valence electrons. The van der Waals surface area contributed by atoms with E-state index in [1.54, 1.807) is 0 Å². The second-order valence-electron chi connectivity index (χ2n) is 3.36. The first-order chi connectivity index (χ1) is 7.96. The van der Waals surface area contributed by atoms with Gasteiger partial charge in [0.25, 0.3) is 0 Å². The topological polar surface area (TPSA) is 93.7 Å². The Morgan fingerprint density at radius 2 is 1.15 bits per heavy atom. The minimum atomic E-state index is -7.19. The van der Waals surface area contributed by atoms with Crippen molar-refractivity contribution in [3.63, 3.8) is 0 Å². The molecule has 0 heterocycles. The third-order valence-corrected chi connectivity index (χ3v) is 2.75. The Kier molecular flexibility index (Phi) is 5.98. The Bertz CT molecular complexity index is 429. The summed E-state index contributed by atoms with van der Waals surface area (Å²) in [7, 11) is -7.19. The summed E-state index contributed by atoms with van der Waals surface area (Å²) in [4.78, 5) is 0. The summed E-state index contributed by atoms with van der Waals surface area (Å²) in [6.07, 6.45) is -10.7. The average molecular weight is 345 g/mol. The van der Waals surface area contributed by atoms with Gasteiger partial charge in [-0.15, -0.1) is 0 Å². The van der Waals surface area contributed by atoms with E-state index in [2.05, 4.69) is 0 Å². The largest absolute Gasteiger partial charge is 0.743 e. The van der Waals surface area contributed by atoms with Gasteiger partial charge in [0.1, 0.15) is 0 Å². The molecule has 0 rings (SSSR count). The first-order valence-corrected chi connectivity index (χ1v) is 5.52. The second kappa shape index (κ2) is 5.55. The quantitative estimate of drug-likeness (QED) is 0.613. The van der Waals surface area contributed by atoms with Crippen LogP contribution in [0.5, 0.6) is 0 Å². The predicted octanol–water partition coefficient (Wildman–Crippen LogP) is 3.11. The lowest BCUT2D eigenvalue weighted by Crippen LogP contribution is -2.57. The fourth-order valence-corrected chi connectivity index (χ4v) is 1.29.